The van der Waals surface area contributed by atoms with Crippen LogP contribution < -0.4 is 0 Å². The third kappa shape index (κ3) is 2.96. The third-order valence-electron chi connectivity index (χ3n) is 2.54. The van der Waals surface area contributed by atoms with E-state index in [0.717, 1.165) is 21.2 Å². The number of aliphatic hydroxyl groups excluding tert-OH is 1. The van der Waals surface area contributed by atoms with Crippen LogP contribution in [0.2, 0.25) is 0 Å². The number of hydrogen-bond donors (Lipinski definition) is 1. The zero-order chi connectivity index (χ0) is 12.3. The molecule has 0 saturated carbocycles. The van der Waals surface area contributed by atoms with Gasteiger partial charge in [0.15, 0.2) is 0 Å². The van der Waals surface area contributed by atoms with Gasteiger partial charge in [-0.1, -0.05) is 24.3 Å². The molecule has 1 heterocycles. The number of rotatable bonds is 4. The summed E-state index contributed by atoms with van der Waals surface area (Å²) in [5.74, 6) is 0. The predicted octanol–water partition coefficient (Wildman–Crippen LogP) is 3.74. The highest BCUT2D eigenvalue weighted by atomic mass is 79.9. The SMILES string of the molecule is COCc1ccc(C(O)c2cscc2Br)cc1. The van der Waals surface area contributed by atoms with Crippen LogP contribution in [0.15, 0.2) is 39.5 Å². The molecule has 2 aromatic rings. The minimum atomic E-state index is -0.577. The molecule has 1 aromatic carbocycles. The Morgan fingerprint density at radius 3 is 2.53 bits per heavy atom. The van der Waals surface area contributed by atoms with E-state index in [2.05, 4.69) is 15.9 Å². The Bertz CT molecular complexity index is 478. The van der Waals surface area contributed by atoms with Gasteiger partial charge in [0.1, 0.15) is 6.10 Å². The zero-order valence-corrected chi connectivity index (χ0v) is 11.8. The lowest BCUT2D eigenvalue weighted by Gasteiger charge is -2.11. The average Bonchev–Trinajstić information content (AvgIpc) is 2.76. The summed E-state index contributed by atoms with van der Waals surface area (Å²) in [5.41, 5.74) is 2.91. The van der Waals surface area contributed by atoms with Crippen molar-refractivity contribution in [2.45, 2.75) is 12.7 Å². The molecule has 0 aliphatic carbocycles. The number of aliphatic hydroxyl groups is 1. The van der Waals surface area contributed by atoms with Gasteiger partial charge in [-0.2, -0.15) is 11.3 Å². The summed E-state index contributed by atoms with van der Waals surface area (Å²) in [6, 6.07) is 7.82. The van der Waals surface area contributed by atoms with Crippen LogP contribution in [0, 0.1) is 0 Å². The van der Waals surface area contributed by atoms with Crippen LogP contribution in [0.4, 0.5) is 0 Å². The maximum Gasteiger partial charge on any atom is 0.106 e. The highest BCUT2D eigenvalue weighted by Gasteiger charge is 2.14. The normalized spacial score (nSPS) is 12.6. The van der Waals surface area contributed by atoms with E-state index in [9.17, 15) is 5.11 Å². The number of hydrogen-bond acceptors (Lipinski definition) is 3. The Kier molecular flexibility index (Phi) is 4.34. The second-order valence-electron chi connectivity index (χ2n) is 3.75. The van der Waals surface area contributed by atoms with Crippen LogP contribution >= 0.6 is 27.3 Å². The molecule has 17 heavy (non-hydrogen) atoms. The molecule has 2 nitrogen and oxygen atoms in total. The van der Waals surface area contributed by atoms with Gasteiger partial charge in [-0.3, -0.25) is 0 Å². The molecule has 0 amide bonds. The first-order chi connectivity index (χ1) is 8.22. The molecule has 0 spiro atoms. The lowest BCUT2D eigenvalue weighted by molar-refractivity contribution is 0.184. The van der Waals surface area contributed by atoms with Gasteiger partial charge >= 0.3 is 0 Å². The smallest absolute Gasteiger partial charge is 0.106 e. The summed E-state index contributed by atoms with van der Waals surface area (Å²) in [4.78, 5) is 0. The Hall–Kier alpha value is -0.680. The van der Waals surface area contributed by atoms with Crippen molar-refractivity contribution < 1.29 is 9.84 Å². The Balaban J connectivity index is 2.20. The highest BCUT2D eigenvalue weighted by Crippen LogP contribution is 2.31. The molecule has 0 aliphatic rings. The highest BCUT2D eigenvalue weighted by molar-refractivity contribution is 9.10. The Labute approximate surface area is 113 Å². The number of thiophene rings is 1. The molecule has 0 radical (unpaired) electrons. The standard InChI is InChI=1S/C13H13BrO2S/c1-16-6-9-2-4-10(5-3-9)13(15)11-7-17-8-12(11)14/h2-5,7-8,13,15H,6H2,1H3. The molecule has 1 N–H and O–H groups in total. The van der Waals surface area contributed by atoms with Crippen LogP contribution in [0.3, 0.4) is 0 Å². The van der Waals surface area contributed by atoms with Crippen LogP contribution in [0.1, 0.15) is 22.8 Å². The van der Waals surface area contributed by atoms with Gasteiger partial charge < -0.3 is 9.84 Å². The van der Waals surface area contributed by atoms with Crippen LogP contribution in [-0.4, -0.2) is 12.2 Å². The fraction of sp³-hybridized carbons (Fsp3) is 0.231. The van der Waals surface area contributed by atoms with Crippen LogP contribution in [0.5, 0.6) is 0 Å². The lowest BCUT2D eigenvalue weighted by Crippen LogP contribution is -1.99. The van der Waals surface area contributed by atoms with Gasteiger partial charge in [0.05, 0.1) is 6.61 Å². The molecule has 0 bridgehead atoms. The molecule has 0 saturated heterocycles. The van der Waals surface area contributed by atoms with Gasteiger partial charge in [-0.15, -0.1) is 0 Å². The first-order valence-electron chi connectivity index (χ1n) is 5.20. The summed E-state index contributed by atoms with van der Waals surface area (Å²) in [7, 11) is 1.67. The minimum absolute atomic E-state index is 0.577. The van der Waals surface area contributed by atoms with Crippen molar-refractivity contribution >= 4 is 27.3 Å². The van der Waals surface area contributed by atoms with E-state index in [1.807, 2.05) is 35.0 Å². The van der Waals surface area contributed by atoms with E-state index in [1.54, 1.807) is 18.4 Å². The number of methoxy groups -OCH3 is 1. The van der Waals surface area contributed by atoms with E-state index < -0.39 is 6.10 Å². The van der Waals surface area contributed by atoms with E-state index in [-0.39, 0.29) is 0 Å². The monoisotopic (exact) mass is 312 g/mol. The topological polar surface area (TPSA) is 29.5 Å². The maximum atomic E-state index is 10.2. The molecule has 90 valence electrons. The second-order valence-corrected chi connectivity index (χ2v) is 5.35. The van der Waals surface area contributed by atoms with E-state index in [0.29, 0.717) is 6.61 Å². The van der Waals surface area contributed by atoms with E-state index >= 15 is 0 Å². The van der Waals surface area contributed by atoms with Crippen molar-refractivity contribution in [1.29, 1.82) is 0 Å². The molecule has 2 rings (SSSR count). The molecular formula is C13H13BrO2S. The summed E-state index contributed by atoms with van der Waals surface area (Å²) in [5, 5.41) is 14.2. The molecule has 1 aromatic heterocycles. The Morgan fingerprint density at radius 1 is 1.29 bits per heavy atom. The summed E-state index contributed by atoms with van der Waals surface area (Å²) in [6.07, 6.45) is -0.577. The van der Waals surface area contributed by atoms with E-state index in [4.69, 9.17) is 4.74 Å². The Morgan fingerprint density at radius 2 is 2.00 bits per heavy atom. The van der Waals surface area contributed by atoms with Crippen molar-refractivity contribution in [3.63, 3.8) is 0 Å². The molecule has 0 fully saturated rings. The van der Waals surface area contributed by atoms with Gasteiger partial charge in [-0.05, 0) is 32.4 Å². The first kappa shape index (κ1) is 12.8. The van der Waals surface area contributed by atoms with Crippen molar-refractivity contribution in [1.82, 2.24) is 0 Å². The first-order valence-corrected chi connectivity index (χ1v) is 6.93. The quantitative estimate of drug-likeness (QED) is 0.932. The average molecular weight is 313 g/mol. The van der Waals surface area contributed by atoms with Gasteiger partial charge in [0, 0.05) is 22.5 Å². The van der Waals surface area contributed by atoms with Gasteiger partial charge in [0.25, 0.3) is 0 Å². The second kappa shape index (κ2) is 5.78. The molecule has 4 heteroatoms. The largest absolute Gasteiger partial charge is 0.384 e. The third-order valence-corrected chi connectivity index (χ3v) is 4.29. The lowest BCUT2D eigenvalue weighted by atomic mass is 10.0. The van der Waals surface area contributed by atoms with E-state index in [1.165, 1.54) is 0 Å². The van der Waals surface area contributed by atoms with Crippen molar-refractivity contribution in [3.05, 3.63) is 56.2 Å². The zero-order valence-electron chi connectivity index (χ0n) is 9.39. The number of ether oxygens (including phenoxy) is 1. The van der Waals surface area contributed by atoms with Crippen molar-refractivity contribution in [3.8, 4) is 0 Å². The minimum Gasteiger partial charge on any atom is -0.384 e. The fourth-order valence-corrected chi connectivity index (χ4v) is 3.16. The number of benzene rings is 1. The predicted molar refractivity (Wildman–Crippen MR) is 73.2 cm³/mol. The van der Waals surface area contributed by atoms with Crippen LogP contribution in [-0.2, 0) is 11.3 Å². The van der Waals surface area contributed by atoms with Crippen molar-refractivity contribution in [2.24, 2.45) is 0 Å². The molecular weight excluding hydrogens is 300 g/mol. The summed E-state index contributed by atoms with van der Waals surface area (Å²) in [6.45, 7) is 0.596. The van der Waals surface area contributed by atoms with Crippen molar-refractivity contribution in [2.75, 3.05) is 7.11 Å². The maximum absolute atomic E-state index is 10.2. The summed E-state index contributed by atoms with van der Waals surface area (Å²) < 4.78 is 6.01. The van der Waals surface area contributed by atoms with Crippen LogP contribution in [0.25, 0.3) is 0 Å². The molecule has 1 unspecified atom stereocenters. The molecule has 0 aliphatic heterocycles. The molecule has 1 atom stereocenters. The summed E-state index contributed by atoms with van der Waals surface area (Å²) >= 11 is 5.01. The number of halogens is 1. The fourth-order valence-electron chi connectivity index (χ4n) is 1.63. The van der Waals surface area contributed by atoms with Gasteiger partial charge in [-0.25, -0.2) is 0 Å². The van der Waals surface area contributed by atoms with Gasteiger partial charge in [0.2, 0.25) is 0 Å².